The molecule has 2 fully saturated rings. The Bertz CT molecular complexity index is 1010. The average Bonchev–Trinajstić information content (AvgIpc) is 3.11. The molecule has 0 saturated heterocycles. The first-order chi connectivity index (χ1) is 16.0. The Morgan fingerprint density at radius 3 is 2.67 bits per heavy atom. The third-order valence-electron chi connectivity index (χ3n) is 8.93. The van der Waals surface area contributed by atoms with Crippen LogP contribution in [0.25, 0.3) is 0 Å². The molecule has 0 spiro atoms. The number of amides is 1. The molecule has 2 aromatic rings. The first kappa shape index (κ1) is 22.3. The van der Waals surface area contributed by atoms with E-state index in [1.54, 1.807) is 12.0 Å². The minimum atomic E-state index is -0.420. The lowest BCUT2D eigenvalue weighted by Crippen LogP contribution is -2.45. The number of nitrogens with zero attached hydrogens (tertiary/aromatic N) is 1. The van der Waals surface area contributed by atoms with Crippen molar-refractivity contribution < 1.29 is 19.4 Å². The number of carbonyl (C=O) groups is 1. The Morgan fingerprint density at radius 2 is 1.94 bits per heavy atom. The van der Waals surface area contributed by atoms with E-state index in [4.69, 9.17) is 9.47 Å². The molecule has 1 N–H and O–H groups in total. The number of methoxy groups -OCH3 is 2. The standard InChI is InChI=1S/C28H35NO4/c1-28-14-13-23-22-12-10-21(32-2)15-18(22)9-11-24(23)25(28)16-19(26(28)30)17-29(27(31)33-3)20-7-5-4-6-8-20/h4-8,10,12,15,19,23-26,30H,9,11,13-14,16-17H2,1-3H3/t19-,23+,24+,25-,26-,28-/m0/s1. The SMILES string of the molecule is COC(=O)N(C[C@@H]1C[C@H]2[C@@H]3CCc4cc(OC)ccc4[C@H]3CC[C@]2(C)[C@H]1O)c1ccccc1. The van der Waals surface area contributed by atoms with Gasteiger partial charge in [0.1, 0.15) is 5.75 Å². The summed E-state index contributed by atoms with van der Waals surface area (Å²) in [7, 11) is 3.15. The number of aliphatic hydroxyl groups is 1. The highest BCUT2D eigenvalue weighted by molar-refractivity contribution is 5.87. The minimum absolute atomic E-state index is 0.0373. The van der Waals surface area contributed by atoms with Crippen LogP contribution in [0.1, 0.15) is 49.7 Å². The number of hydrogen-bond acceptors (Lipinski definition) is 4. The van der Waals surface area contributed by atoms with Gasteiger partial charge < -0.3 is 14.6 Å². The number of fused-ring (bicyclic) bond motifs is 5. The second kappa shape index (κ2) is 8.68. The van der Waals surface area contributed by atoms with Crippen molar-refractivity contribution in [1.29, 1.82) is 0 Å². The summed E-state index contributed by atoms with van der Waals surface area (Å²) in [5.74, 6) is 2.56. The van der Waals surface area contributed by atoms with Gasteiger partial charge in [0, 0.05) is 18.2 Å². The van der Waals surface area contributed by atoms with E-state index in [-0.39, 0.29) is 17.4 Å². The first-order valence-corrected chi connectivity index (χ1v) is 12.2. The van der Waals surface area contributed by atoms with Crippen molar-refractivity contribution in [2.45, 2.75) is 51.0 Å². The maximum absolute atomic E-state index is 12.6. The van der Waals surface area contributed by atoms with E-state index in [1.807, 2.05) is 30.3 Å². The summed E-state index contributed by atoms with van der Waals surface area (Å²) < 4.78 is 10.6. The van der Waals surface area contributed by atoms with Crippen LogP contribution >= 0.6 is 0 Å². The largest absolute Gasteiger partial charge is 0.497 e. The zero-order chi connectivity index (χ0) is 23.2. The molecule has 33 heavy (non-hydrogen) atoms. The normalized spacial score (nSPS) is 32.3. The number of benzene rings is 2. The second-order valence-corrected chi connectivity index (χ2v) is 10.4. The molecule has 0 aromatic heterocycles. The summed E-state index contributed by atoms with van der Waals surface area (Å²) in [6.07, 6.45) is 4.52. The molecule has 1 amide bonds. The highest BCUT2D eigenvalue weighted by atomic mass is 16.5. The predicted octanol–water partition coefficient (Wildman–Crippen LogP) is 5.41. The molecule has 0 heterocycles. The van der Waals surface area contributed by atoms with Gasteiger partial charge in [-0.05, 0) is 90.7 Å². The fourth-order valence-electron chi connectivity index (χ4n) is 7.25. The fraction of sp³-hybridized carbons (Fsp3) is 0.536. The number of aliphatic hydroxyl groups excluding tert-OH is 1. The van der Waals surface area contributed by atoms with E-state index < -0.39 is 6.10 Å². The van der Waals surface area contributed by atoms with Crippen molar-refractivity contribution in [2.24, 2.45) is 23.2 Å². The molecule has 2 aromatic carbocycles. The number of hydrogen-bond donors (Lipinski definition) is 1. The van der Waals surface area contributed by atoms with Crippen molar-refractivity contribution in [3.63, 3.8) is 0 Å². The van der Waals surface area contributed by atoms with Crippen LogP contribution in [-0.4, -0.2) is 38.1 Å². The highest BCUT2D eigenvalue weighted by Gasteiger charge is 2.58. The molecule has 2 saturated carbocycles. The lowest BCUT2D eigenvalue weighted by atomic mass is 9.55. The van der Waals surface area contributed by atoms with Crippen molar-refractivity contribution in [3.8, 4) is 5.75 Å². The van der Waals surface area contributed by atoms with Crippen molar-refractivity contribution in [3.05, 3.63) is 59.7 Å². The Hall–Kier alpha value is -2.53. The second-order valence-electron chi connectivity index (χ2n) is 10.4. The Balaban J connectivity index is 1.40. The zero-order valence-electron chi connectivity index (χ0n) is 19.9. The van der Waals surface area contributed by atoms with Gasteiger partial charge in [-0.1, -0.05) is 31.2 Å². The van der Waals surface area contributed by atoms with Crippen LogP contribution in [0.15, 0.2) is 48.5 Å². The van der Waals surface area contributed by atoms with E-state index in [1.165, 1.54) is 18.2 Å². The lowest BCUT2D eigenvalue weighted by Gasteiger charge is -2.50. The van der Waals surface area contributed by atoms with E-state index in [0.29, 0.717) is 24.3 Å². The van der Waals surface area contributed by atoms with E-state index >= 15 is 0 Å². The first-order valence-electron chi connectivity index (χ1n) is 12.2. The van der Waals surface area contributed by atoms with Crippen molar-refractivity contribution in [1.82, 2.24) is 0 Å². The Morgan fingerprint density at radius 1 is 1.15 bits per heavy atom. The maximum atomic E-state index is 12.6. The van der Waals surface area contributed by atoms with E-state index in [9.17, 15) is 9.90 Å². The monoisotopic (exact) mass is 449 g/mol. The highest BCUT2D eigenvalue weighted by Crippen LogP contribution is 2.62. The third-order valence-corrected chi connectivity index (χ3v) is 8.93. The van der Waals surface area contributed by atoms with Crippen LogP contribution in [0.2, 0.25) is 0 Å². The van der Waals surface area contributed by atoms with Gasteiger partial charge in [-0.25, -0.2) is 4.79 Å². The van der Waals surface area contributed by atoms with Gasteiger partial charge in [-0.15, -0.1) is 0 Å². The van der Waals surface area contributed by atoms with Gasteiger partial charge in [0.15, 0.2) is 0 Å². The molecule has 0 unspecified atom stereocenters. The van der Waals surface area contributed by atoms with Crippen LogP contribution < -0.4 is 9.64 Å². The number of carbonyl (C=O) groups excluding carboxylic acids is 1. The molecule has 6 atom stereocenters. The van der Waals surface area contributed by atoms with Gasteiger partial charge in [0.2, 0.25) is 0 Å². The maximum Gasteiger partial charge on any atom is 0.414 e. The smallest absolute Gasteiger partial charge is 0.414 e. The zero-order valence-corrected chi connectivity index (χ0v) is 19.9. The number of rotatable bonds is 4. The molecule has 3 aliphatic carbocycles. The van der Waals surface area contributed by atoms with Gasteiger partial charge in [-0.2, -0.15) is 0 Å². The molecule has 3 aliphatic rings. The van der Waals surface area contributed by atoms with Crippen molar-refractivity contribution >= 4 is 11.8 Å². The molecule has 5 heteroatoms. The van der Waals surface area contributed by atoms with Crippen LogP contribution in [0.4, 0.5) is 10.5 Å². The molecule has 5 rings (SSSR count). The summed E-state index contributed by atoms with van der Waals surface area (Å²) in [5.41, 5.74) is 3.62. The van der Waals surface area contributed by atoms with Gasteiger partial charge in [0.25, 0.3) is 0 Å². The van der Waals surface area contributed by atoms with Gasteiger partial charge >= 0.3 is 6.09 Å². The number of aryl methyl sites for hydroxylation is 1. The summed E-state index contributed by atoms with van der Waals surface area (Å²) >= 11 is 0. The number of para-hydroxylation sites is 1. The molecule has 0 radical (unpaired) electrons. The van der Waals surface area contributed by atoms with Crippen LogP contribution in [0, 0.1) is 23.2 Å². The fourth-order valence-corrected chi connectivity index (χ4v) is 7.25. The summed E-state index contributed by atoms with van der Waals surface area (Å²) in [6, 6.07) is 16.2. The molecule has 0 bridgehead atoms. The molecule has 176 valence electrons. The van der Waals surface area contributed by atoms with Crippen LogP contribution in [0.5, 0.6) is 5.75 Å². The van der Waals surface area contributed by atoms with Gasteiger partial charge in [0.05, 0.1) is 20.3 Å². The van der Waals surface area contributed by atoms with E-state index in [0.717, 1.165) is 43.5 Å². The van der Waals surface area contributed by atoms with Gasteiger partial charge in [-0.3, -0.25) is 4.90 Å². The third kappa shape index (κ3) is 3.71. The van der Waals surface area contributed by atoms with E-state index in [2.05, 4.69) is 25.1 Å². The van der Waals surface area contributed by atoms with Crippen LogP contribution in [-0.2, 0) is 11.2 Å². The molecule has 0 aliphatic heterocycles. The topological polar surface area (TPSA) is 59.0 Å². The quantitative estimate of drug-likeness (QED) is 0.678. The lowest BCUT2D eigenvalue weighted by molar-refractivity contribution is -0.0318. The number of ether oxygens (including phenoxy) is 2. The van der Waals surface area contributed by atoms with Crippen LogP contribution in [0.3, 0.4) is 0 Å². The summed E-state index contributed by atoms with van der Waals surface area (Å²) in [5, 5.41) is 11.6. The summed E-state index contributed by atoms with van der Waals surface area (Å²) in [6.45, 7) is 2.77. The minimum Gasteiger partial charge on any atom is -0.497 e. The Labute approximate surface area is 196 Å². The summed E-state index contributed by atoms with van der Waals surface area (Å²) in [4.78, 5) is 14.3. The molecular formula is C28H35NO4. The average molecular weight is 450 g/mol. The Kier molecular flexibility index (Phi) is 5.86. The van der Waals surface area contributed by atoms with Crippen molar-refractivity contribution in [2.75, 3.05) is 25.7 Å². The molecule has 5 nitrogen and oxygen atoms in total. The predicted molar refractivity (Wildman–Crippen MR) is 129 cm³/mol. The molecular weight excluding hydrogens is 414 g/mol. The number of anilines is 1.